The minimum Gasteiger partial charge on any atom is -0.346 e. The Kier molecular flexibility index (Phi) is 4.97. The highest BCUT2D eigenvalue weighted by Crippen LogP contribution is 2.34. The van der Waals surface area contributed by atoms with E-state index in [-0.39, 0.29) is 17.3 Å². The first-order chi connectivity index (χ1) is 14.1. The molecule has 1 aliphatic heterocycles. The largest absolute Gasteiger partial charge is 0.355 e. The van der Waals surface area contributed by atoms with Gasteiger partial charge in [-0.25, -0.2) is 9.97 Å². The van der Waals surface area contributed by atoms with Crippen molar-refractivity contribution in [2.45, 2.75) is 13.0 Å². The second-order valence-electron chi connectivity index (χ2n) is 6.41. The van der Waals surface area contributed by atoms with Gasteiger partial charge in [0.05, 0.1) is 4.92 Å². The molecule has 0 unspecified atom stereocenters. The third-order valence-corrected chi connectivity index (χ3v) is 4.65. The molecular weight excluding hydrogens is 374 g/mol. The van der Waals surface area contributed by atoms with Crippen molar-refractivity contribution in [3.8, 4) is 0 Å². The molecule has 0 spiro atoms. The number of carbonyl (C=O) groups is 1. The molecule has 4 rings (SSSR count). The standard InChI is InChI=1S/C19H17N7O3/c27-19(14-5-8-20-9-6-14)24-23-17-16(26(28)29)18(22-12-21-17)25-10-7-13-3-1-2-4-15(13)11-25/h1-6,8-9,12H,7,10-11H2,(H,24,27)(H,21,22,23). The molecule has 0 fully saturated rings. The predicted octanol–water partition coefficient (Wildman–Crippen LogP) is 2.10. The van der Waals surface area contributed by atoms with Gasteiger partial charge < -0.3 is 4.90 Å². The van der Waals surface area contributed by atoms with Crippen LogP contribution in [0.15, 0.2) is 55.1 Å². The van der Waals surface area contributed by atoms with Crippen LogP contribution in [0.25, 0.3) is 0 Å². The average molecular weight is 391 g/mol. The van der Waals surface area contributed by atoms with Crippen molar-refractivity contribution in [3.05, 3.63) is 81.9 Å². The molecule has 0 atom stereocenters. The molecule has 0 saturated heterocycles. The molecule has 0 saturated carbocycles. The topological polar surface area (TPSA) is 126 Å². The summed E-state index contributed by atoms with van der Waals surface area (Å²) in [5.74, 6) is -0.338. The van der Waals surface area contributed by atoms with Crippen LogP contribution in [-0.2, 0) is 13.0 Å². The van der Waals surface area contributed by atoms with Crippen molar-refractivity contribution in [2.24, 2.45) is 0 Å². The number of rotatable bonds is 5. The number of benzene rings is 1. The lowest BCUT2D eigenvalue weighted by molar-refractivity contribution is -0.383. The van der Waals surface area contributed by atoms with Gasteiger partial charge in [0, 0.05) is 31.0 Å². The highest BCUT2D eigenvalue weighted by molar-refractivity contribution is 5.94. The molecule has 1 aliphatic rings. The van der Waals surface area contributed by atoms with Crippen molar-refractivity contribution in [1.29, 1.82) is 0 Å². The second kappa shape index (κ2) is 7.89. The molecule has 3 aromatic rings. The van der Waals surface area contributed by atoms with E-state index in [1.165, 1.54) is 36.4 Å². The van der Waals surface area contributed by atoms with Gasteiger partial charge in [-0.1, -0.05) is 24.3 Å². The Morgan fingerprint density at radius 1 is 1.10 bits per heavy atom. The smallest absolute Gasteiger partial charge is 0.346 e. The van der Waals surface area contributed by atoms with Gasteiger partial charge in [0.25, 0.3) is 5.91 Å². The Bertz CT molecular complexity index is 1060. The third-order valence-electron chi connectivity index (χ3n) is 4.65. The Hall–Kier alpha value is -4.08. The first-order valence-corrected chi connectivity index (χ1v) is 8.91. The fourth-order valence-corrected chi connectivity index (χ4v) is 3.23. The van der Waals surface area contributed by atoms with E-state index in [4.69, 9.17) is 0 Å². The maximum Gasteiger partial charge on any atom is 0.355 e. The van der Waals surface area contributed by atoms with Gasteiger partial charge in [0.2, 0.25) is 11.6 Å². The maximum absolute atomic E-state index is 12.2. The van der Waals surface area contributed by atoms with E-state index in [0.717, 1.165) is 12.0 Å². The van der Waals surface area contributed by atoms with Crippen LogP contribution in [0.2, 0.25) is 0 Å². The summed E-state index contributed by atoms with van der Waals surface area (Å²) < 4.78 is 0. The normalized spacial score (nSPS) is 12.8. The number of nitro groups is 1. The van der Waals surface area contributed by atoms with E-state index in [2.05, 4.69) is 31.9 Å². The van der Waals surface area contributed by atoms with Crippen molar-refractivity contribution >= 4 is 23.2 Å². The number of anilines is 2. The van der Waals surface area contributed by atoms with E-state index >= 15 is 0 Å². The number of hydrazine groups is 1. The van der Waals surface area contributed by atoms with Gasteiger partial charge in [-0.05, 0) is 29.7 Å². The molecule has 0 aliphatic carbocycles. The average Bonchev–Trinajstić information content (AvgIpc) is 2.77. The molecule has 3 heterocycles. The molecule has 2 aromatic heterocycles. The van der Waals surface area contributed by atoms with E-state index in [0.29, 0.717) is 18.7 Å². The number of fused-ring (bicyclic) bond motifs is 1. The molecular formula is C19H17N7O3. The summed E-state index contributed by atoms with van der Waals surface area (Å²) in [5, 5.41) is 11.8. The molecule has 10 nitrogen and oxygen atoms in total. The lowest BCUT2D eigenvalue weighted by Gasteiger charge is -2.29. The zero-order valence-electron chi connectivity index (χ0n) is 15.3. The summed E-state index contributed by atoms with van der Waals surface area (Å²) in [7, 11) is 0. The van der Waals surface area contributed by atoms with Crippen LogP contribution in [0.5, 0.6) is 0 Å². The minimum atomic E-state index is -0.545. The van der Waals surface area contributed by atoms with Crippen LogP contribution in [0.3, 0.4) is 0 Å². The van der Waals surface area contributed by atoms with Crippen LogP contribution in [0, 0.1) is 10.1 Å². The number of hydrogen-bond acceptors (Lipinski definition) is 8. The monoisotopic (exact) mass is 391 g/mol. The van der Waals surface area contributed by atoms with Gasteiger partial charge in [-0.15, -0.1) is 0 Å². The number of hydrogen-bond donors (Lipinski definition) is 2. The maximum atomic E-state index is 12.2. The highest BCUT2D eigenvalue weighted by atomic mass is 16.6. The number of pyridine rings is 1. The Morgan fingerprint density at radius 2 is 1.86 bits per heavy atom. The number of nitrogens with one attached hydrogen (secondary N) is 2. The van der Waals surface area contributed by atoms with Gasteiger partial charge in [-0.3, -0.25) is 30.7 Å². The van der Waals surface area contributed by atoms with Crippen LogP contribution < -0.4 is 15.8 Å². The van der Waals surface area contributed by atoms with Crippen LogP contribution >= 0.6 is 0 Å². The number of carbonyl (C=O) groups excluding carboxylic acids is 1. The molecule has 29 heavy (non-hydrogen) atoms. The zero-order valence-corrected chi connectivity index (χ0v) is 15.3. The molecule has 10 heteroatoms. The summed E-state index contributed by atoms with van der Waals surface area (Å²) in [6, 6.07) is 11.0. The molecule has 0 radical (unpaired) electrons. The summed E-state index contributed by atoms with van der Waals surface area (Å²) >= 11 is 0. The number of aromatic nitrogens is 3. The van der Waals surface area contributed by atoms with E-state index < -0.39 is 10.8 Å². The minimum absolute atomic E-state index is 0.0822. The third kappa shape index (κ3) is 3.81. The van der Waals surface area contributed by atoms with Crippen LogP contribution in [-0.4, -0.2) is 32.3 Å². The van der Waals surface area contributed by atoms with E-state index in [9.17, 15) is 14.9 Å². The fourth-order valence-electron chi connectivity index (χ4n) is 3.23. The van der Waals surface area contributed by atoms with E-state index in [1.54, 1.807) is 0 Å². The lowest BCUT2D eigenvalue weighted by Crippen LogP contribution is -2.33. The highest BCUT2D eigenvalue weighted by Gasteiger charge is 2.29. The molecule has 146 valence electrons. The van der Waals surface area contributed by atoms with Gasteiger partial charge in [-0.2, -0.15) is 0 Å². The van der Waals surface area contributed by atoms with Crippen LogP contribution in [0.4, 0.5) is 17.3 Å². The second-order valence-corrected chi connectivity index (χ2v) is 6.41. The molecule has 1 aromatic carbocycles. The van der Waals surface area contributed by atoms with Gasteiger partial charge >= 0.3 is 5.69 Å². The molecule has 1 amide bonds. The summed E-state index contributed by atoms with van der Waals surface area (Å²) in [6.45, 7) is 1.11. The SMILES string of the molecule is O=C(NNc1ncnc(N2CCc3ccccc3C2)c1[N+](=O)[O-])c1ccncc1. The van der Waals surface area contributed by atoms with Gasteiger partial charge in [0.1, 0.15) is 6.33 Å². The Morgan fingerprint density at radius 3 is 2.62 bits per heavy atom. The zero-order chi connectivity index (χ0) is 20.2. The quantitative estimate of drug-likeness (QED) is 0.500. The summed E-state index contributed by atoms with van der Waals surface area (Å²) in [5.41, 5.74) is 7.38. The lowest BCUT2D eigenvalue weighted by atomic mass is 10.00. The van der Waals surface area contributed by atoms with Crippen molar-refractivity contribution in [2.75, 3.05) is 16.9 Å². The van der Waals surface area contributed by atoms with Gasteiger partial charge in [0.15, 0.2) is 0 Å². The Balaban J connectivity index is 1.58. The number of nitrogens with zero attached hydrogens (tertiary/aromatic N) is 5. The molecule has 2 N–H and O–H groups in total. The van der Waals surface area contributed by atoms with Crippen molar-refractivity contribution in [3.63, 3.8) is 0 Å². The first-order valence-electron chi connectivity index (χ1n) is 8.91. The number of amides is 1. The predicted molar refractivity (Wildman–Crippen MR) is 105 cm³/mol. The van der Waals surface area contributed by atoms with E-state index in [1.807, 2.05) is 23.1 Å². The van der Waals surface area contributed by atoms with Crippen molar-refractivity contribution in [1.82, 2.24) is 20.4 Å². The molecule has 0 bridgehead atoms. The Labute approximate surface area is 165 Å². The summed E-state index contributed by atoms with van der Waals surface area (Å²) in [6.07, 6.45) is 4.96. The van der Waals surface area contributed by atoms with Crippen LogP contribution in [0.1, 0.15) is 21.5 Å². The summed E-state index contributed by atoms with van der Waals surface area (Å²) in [4.78, 5) is 37.2. The van der Waals surface area contributed by atoms with Crippen molar-refractivity contribution < 1.29 is 9.72 Å². The first kappa shape index (κ1) is 18.3. The fraction of sp³-hybridized carbons (Fsp3) is 0.158.